The molecule has 0 aliphatic rings. The van der Waals surface area contributed by atoms with Crippen LogP contribution in [0.25, 0.3) is 0 Å². The van der Waals surface area contributed by atoms with Gasteiger partial charge in [-0.25, -0.2) is 9.48 Å². The minimum absolute atomic E-state index is 0.0920. The van der Waals surface area contributed by atoms with Gasteiger partial charge in [-0.05, 0) is 19.8 Å². The summed E-state index contributed by atoms with van der Waals surface area (Å²) in [6.45, 7) is 8.24. The van der Waals surface area contributed by atoms with Crippen LogP contribution in [0.15, 0.2) is 0 Å². The van der Waals surface area contributed by atoms with Crippen LogP contribution in [-0.4, -0.2) is 27.1 Å². The lowest BCUT2D eigenvalue weighted by Crippen LogP contribution is -2.15. The Balaban J connectivity index is 2.83. The van der Waals surface area contributed by atoms with Crippen molar-refractivity contribution in [1.29, 1.82) is 0 Å². The summed E-state index contributed by atoms with van der Waals surface area (Å²) in [6.07, 6.45) is -0.192. The van der Waals surface area contributed by atoms with Crippen LogP contribution < -0.4 is 5.73 Å². The standard InChI is InChI=1S/C10H18N4O2/c1-6(2)5-14-9(11)8(12-13-14)10(15)16-7(3)4/h6-7H,5,11H2,1-4H3. The van der Waals surface area contributed by atoms with Crippen molar-refractivity contribution in [3.63, 3.8) is 0 Å². The number of hydrogen-bond donors (Lipinski definition) is 1. The summed E-state index contributed by atoms with van der Waals surface area (Å²) in [5.74, 6) is 0.125. The minimum Gasteiger partial charge on any atom is -0.458 e. The fourth-order valence-electron chi connectivity index (χ4n) is 1.22. The van der Waals surface area contributed by atoms with E-state index in [1.165, 1.54) is 4.68 Å². The molecule has 0 fully saturated rings. The Morgan fingerprint density at radius 3 is 2.56 bits per heavy atom. The maximum Gasteiger partial charge on any atom is 0.363 e. The van der Waals surface area contributed by atoms with Crippen LogP contribution in [-0.2, 0) is 11.3 Å². The van der Waals surface area contributed by atoms with Gasteiger partial charge in [0, 0.05) is 6.54 Å². The van der Waals surface area contributed by atoms with E-state index in [9.17, 15) is 4.79 Å². The Bertz CT molecular complexity index is 371. The Morgan fingerprint density at radius 1 is 1.44 bits per heavy atom. The van der Waals surface area contributed by atoms with Crippen molar-refractivity contribution >= 4 is 11.8 Å². The van der Waals surface area contributed by atoms with Gasteiger partial charge in [0.05, 0.1) is 6.10 Å². The average Bonchev–Trinajstić information content (AvgIpc) is 2.46. The molecule has 6 nitrogen and oxygen atoms in total. The molecule has 1 heterocycles. The van der Waals surface area contributed by atoms with Crippen LogP contribution in [0, 0.1) is 5.92 Å². The Kier molecular flexibility index (Phi) is 3.87. The highest BCUT2D eigenvalue weighted by Crippen LogP contribution is 2.12. The van der Waals surface area contributed by atoms with Gasteiger partial charge < -0.3 is 10.5 Å². The van der Waals surface area contributed by atoms with Crippen molar-refractivity contribution in [2.75, 3.05) is 5.73 Å². The number of rotatable bonds is 4. The molecule has 1 aromatic rings. The zero-order valence-corrected chi connectivity index (χ0v) is 10.1. The van der Waals surface area contributed by atoms with Crippen LogP contribution in [0.2, 0.25) is 0 Å². The molecule has 0 saturated heterocycles. The van der Waals surface area contributed by atoms with Crippen LogP contribution in [0.3, 0.4) is 0 Å². The van der Waals surface area contributed by atoms with E-state index in [0.29, 0.717) is 12.5 Å². The molecule has 0 bridgehead atoms. The molecule has 0 spiro atoms. The van der Waals surface area contributed by atoms with Gasteiger partial charge in [-0.3, -0.25) is 0 Å². The second-order valence-electron chi connectivity index (χ2n) is 4.35. The molecule has 0 atom stereocenters. The number of nitrogens with zero attached hydrogens (tertiary/aromatic N) is 3. The monoisotopic (exact) mass is 226 g/mol. The third kappa shape index (κ3) is 2.95. The van der Waals surface area contributed by atoms with Gasteiger partial charge in [0.2, 0.25) is 5.69 Å². The molecule has 0 aromatic carbocycles. The van der Waals surface area contributed by atoms with Crippen molar-refractivity contribution in [3.8, 4) is 0 Å². The summed E-state index contributed by atoms with van der Waals surface area (Å²) >= 11 is 0. The number of hydrogen-bond acceptors (Lipinski definition) is 5. The number of nitrogens with two attached hydrogens (primary N) is 1. The largest absolute Gasteiger partial charge is 0.458 e. The molecule has 0 saturated carbocycles. The lowest BCUT2D eigenvalue weighted by molar-refractivity contribution is 0.0372. The van der Waals surface area contributed by atoms with E-state index in [1.54, 1.807) is 13.8 Å². The van der Waals surface area contributed by atoms with E-state index in [-0.39, 0.29) is 17.6 Å². The van der Waals surface area contributed by atoms with Gasteiger partial charge in [0.15, 0.2) is 5.82 Å². The third-order valence-electron chi connectivity index (χ3n) is 1.85. The van der Waals surface area contributed by atoms with E-state index >= 15 is 0 Å². The van der Waals surface area contributed by atoms with Crippen molar-refractivity contribution in [2.24, 2.45) is 5.92 Å². The lowest BCUT2D eigenvalue weighted by Gasteiger charge is -2.07. The van der Waals surface area contributed by atoms with Crippen LogP contribution in [0.5, 0.6) is 0 Å². The highest BCUT2D eigenvalue weighted by Gasteiger charge is 2.19. The summed E-state index contributed by atoms with van der Waals surface area (Å²) in [7, 11) is 0. The van der Waals surface area contributed by atoms with Gasteiger partial charge in [0.25, 0.3) is 0 Å². The molecule has 0 aliphatic carbocycles. The molecule has 0 unspecified atom stereocenters. The van der Waals surface area contributed by atoms with Gasteiger partial charge in [-0.1, -0.05) is 19.1 Å². The Morgan fingerprint density at radius 2 is 2.06 bits per heavy atom. The summed E-state index contributed by atoms with van der Waals surface area (Å²) in [5.41, 5.74) is 5.86. The molecule has 0 amide bonds. The summed E-state index contributed by atoms with van der Waals surface area (Å²) in [5, 5.41) is 7.56. The first kappa shape index (κ1) is 12.5. The average molecular weight is 226 g/mol. The predicted octanol–water partition coefficient (Wildman–Crippen LogP) is 1.08. The second kappa shape index (κ2) is 4.96. The van der Waals surface area contributed by atoms with Crippen molar-refractivity contribution in [2.45, 2.75) is 40.3 Å². The number of carbonyl (C=O) groups is 1. The minimum atomic E-state index is -0.525. The number of carbonyl (C=O) groups excluding carboxylic acids is 1. The molecule has 90 valence electrons. The van der Waals surface area contributed by atoms with Crippen LogP contribution in [0.4, 0.5) is 5.82 Å². The molecular formula is C10H18N4O2. The first-order chi connectivity index (χ1) is 7.41. The van der Waals surface area contributed by atoms with Gasteiger partial charge in [0.1, 0.15) is 0 Å². The normalized spacial score (nSPS) is 11.1. The predicted molar refractivity (Wildman–Crippen MR) is 59.8 cm³/mol. The Hall–Kier alpha value is -1.59. The Labute approximate surface area is 94.8 Å². The van der Waals surface area contributed by atoms with E-state index in [4.69, 9.17) is 10.5 Å². The van der Waals surface area contributed by atoms with Crippen molar-refractivity contribution in [1.82, 2.24) is 15.0 Å². The maximum atomic E-state index is 11.6. The quantitative estimate of drug-likeness (QED) is 0.777. The first-order valence-electron chi connectivity index (χ1n) is 5.31. The SMILES string of the molecule is CC(C)Cn1nnc(C(=O)OC(C)C)c1N. The van der Waals surface area contributed by atoms with Gasteiger partial charge in [-0.2, -0.15) is 0 Å². The van der Waals surface area contributed by atoms with Crippen LogP contribution >= 0.6 is 0 Å². The molecular weight excluding hydrogens is 208 g/mol. The number of aromatic nitrogens is 3. The number of anilines is 1. The zero-order chi connectivity index (χ0) is 12.3. The molecule has 0 aliphatic heterocycles. The second-order valence-corrected chi connectivity index (χ2v) is 4.35. The third-order valence-corrected chi connectivity index (χ3v) is 1.85. The number of nitrogen functional groups attached to an aromatic ring is 1. The van der Waals surface area contributed by atoms with E-state index in [0.717, 1.165) is 0 Å². The lowest BCUT2D eigenvalue weighted by atomic mass is 10.2. The molecule has 1 rings (SSSR count). The fraction of sp³-hybridized carbons (Fsp3) is 0.700. The molecule has 6 heteroatoms. The summed E-state index contributed by atoms with van der Waals surface area (Å²) in [4.78, 5) is 11.6. The molecule has 1 aromatic heterocycles. The van der Waals surface area contributed by atoms with E-state index in [1.807, 2.05) is 13.8 Å². The smallest absolute Gasteiger partial charge is 0.363 e. The molecule has 0 radical (unpaired) electrons. The molecule has 16 heavy (non-hydrogen) atoms. The fourth-order valence-corrected chi connectivity index (χ4v) is 1.22. The van der Waals surface area contributed by atoms with Gasteiger partial charge in [-0.15, -0.1) is 5.10 Å². The van der Waals surface area contributed by atoms with E-state index < -0.39 is 5.97 Å². The topological polar surface area (TPSA) is 83.0 Å². The first-order valence-corrected chi connectivity index (χ1v) is 5.31. The van der Waals surface area contributed by atoms with Gasteiger partial charge >= 0.3 is 5.97 Å². The summed E-state index contributed by atoms with van der Waals surface area (Å²) in [6, 6.07) is 0. The highest BCUT2D eigenvalue weighted by molar-refractivity contribution is 5.91. The van der Waals surface area contributed by atoms with Crippen molar-refractivity contribution in [3.05, 3.63) is 5.69 Å². The zero-order valence-electron chi connectivity index (χ0n) is 10.1. The molecule has 2 N–H and O–H groups in total. The van der Waals surface area contributed by atoms with E-state index in [2.05, 4.69) is 10.3 Å². The number of ether oxygens (including phenoxy) is 1. The highest BCUT2D eigenvalue weighted by atomic mass is 16.5. The number of esters is 1. The van der Waals surface area contributed by atoms with Crippen molar-refractivity contribution < 1.29 is 9.53 Å². The maximum absolute atomic E-state index is 11.6. The summed E-state index contributed by atoms with van der Waals surface area (Å²) < 4.78 is 6.52. The van der Waals surface area contributed by atoms with Crippen LogP contribution in [0.1, 0.15) is 38.2 Å².